The van der Waals surface area contributed by atoms with E-state index in [0.717, 1.165) is 23.2 Å². The molecule has 0 aliphatic carbocycles. The summed E-state index contributed by atoms with van der Waals surface area (Å²) in [5, 5.41) is 10.3. The van der Waals surface area contributed by atoms with Crippen LogP contribution in [0.3, 0.4) is 0 Å². The van der Waals surface area contributed by atoms with Gasteiger partial charge in [0, 0.05) is 11.9 Å². The third kappa shape index (κ3) is 5.46. The Morgan fingerprint density at radius 2 is 1.88 bits per heavy atom. The summed E-state index contributed by atoms with van der Waals surface area (Å²) in [5.41, 5.74) is 2.90. The molecule has 1 N–H and O–H groups in total. The molecule has 2 aromatic rings. The molecule has 1 heterocycles. The van der Waals surface area contributed by atoms with E-state index in [4.69, 9.17) is 4.74 Å². The number of aromatic nitrogens is 1. The number of aliphatic hydroxyl groups excluding tert-OH is 1. The smallest absolute Gasteiger partial charge is 0.338 e. The summed E-state index contributed by atoms with van der Waals surface area (Å²) in [5.74, 6) is -0.318. The van der Waals surface area contributed by atoms with Crippen molar-refractivity contribution in [3.05, 3.63) is 65.0 Å². The molecule has 0 aliphatic heterocycles. The number of aliphatic hydroxyl groups is 1. The highest BCUT2D eigenvalue weighted by Crippen LogP contribution is 2.20. The number of esters is 1. The van der Waals surface area contributed by atoms with E-state index in [9.17, 15) is 9.90 Å². The Kier molecular flexibility index (Phi) is 5.73. The summed E-state index contributed by atoms with van der Waals surface area (Å²) in [6.45, 7) is 7.45. The normalized spacial score (nSPS) is 12.7. The Balaban J connectivity index is 1.93. The van der Waals surface area contributed by atoms with Gasteiger partial charge in [0.2, 0.25) is 0 Å². The van der Waals surface area contributed by atoms with E-state index >= 15 is 0 Å². The van der Waals surface area contributed by atoms with Gasteiger partial charge in [-0.05, 0) is 75.9 Å². The first-order chi connectivity index (χ1) is 11.2. The highest BCUT2D eigenvalue weighted by atomic mass is 16.6. The second kappa shape index (κ2) is 7.58. The Labute approximate surface area is 143 Å². The highest BCUT2D eigenvalue weighted by Gasteiger charge is 2.17. The zero-order valence-corrected chi connectivity index (χ0v) is 14.7. The number of hydrogen-bond acceptors (Lipinski definition) is 4. The largest absolute Gasteiger partial charge is 0.456 e. The number of hydrogen-bond donors (Lipinski definition) is 1. The van der Waals surface area contributed by atoms with Crippen LogP contribution in [0, 0.1) is 6.92 Å². The molecule has 2 rings (SSSR count). The van der Waals surface area contributed by atoms with Crippen molar-refractivity contribution in [2.45, 2.75) is 52.2 Å². The zero-order chi connectivity index (χ0) is 17.7. The van der Waals surface area contributed by atoms with Gasteiger partial charge >= 0.3 is 5.97 Å². The summed E-state index contributed by atoms with van der Waals surface area (Å²) in [4.78, 5) is 16.1. The molecule has 4 nitrogen and oxygen atoms in total. The first-order valence-electron chi connectivity index (χ1n) is 8.17. The van der Waals surface area contributed by atoms with Crippen molar-refractivity contribution in [1.82, 2.24) is 4.98 Å². The number of carbonyl (C=O) groups is 1. The van der Waals surface area contributed by atoms with Crippen molar-refractivity contribution in [2.24, 2.45) is 0 Å². The Bertz CT molecular complexity index is 687. The molecule has 0 bridgehead atoms. The van der Waals surface area contributed by atoms with E-state index in [1.54, 1.807) is 18.3 Å². The van der Waals surface area contributed by atoms with Crippen molar-refractivity contribution in [2.75, 3.05) is 0 Å². The van der Waals surface area contributed by atoms with Gasteiger partial charge in [0.15, 0.2) is 0 Å². The molecule has 128 valence electrons. The van der Waals surface area contributed by atoms with Gasteiger partial charge in [0.1, 0.15) is 5.60 Å². The van der Waals surface area contributed by atoms with Gasteiger partial charge in [0.25, 0.3) is 0 Å². The topological polar surface area (TPSA) is 59.4 Å². The van der Waals surface area contributed by atoms with Crippen LogP contribution in [0.25, 0.3) is 0 Å². The van der Waals surface area contributed by atoms with Crippen molar-refractivity contribution in [1.29, 1.82) is 0 Å². The molecule has 1 aromatic carbocycles. The van der Waals surface area contributed by atoms with E-state index < -0.39 is 11.7 Å². The molecule has 4 heteroatoms. The third-order valence-corrected chi connectivity index (χ3v) is 3.60. The van der Waals surface area contributed by atoms with Gasteiger partial charge in [0.05, 0.1) is 11.7 Å². The first-order valence-corrected chi connectivity index (χ1v) is 8.17. The quantitative estimate of drug-likeness (QED) is 0.843. The highest BCUT2D eigenvalue weighted by molar-refractivity contribution is 5.89. The number of ether oxygens (including phenoxy) is 1. The molecular formula is C20H25NO3. The molecule has 0 spiro atoms. The minimum atomic E-state index is -0.516. The average molecular weight is 327 g/mol. The van der Waals surface area contributed by atoms with Crippen molar-refractivity contribution in [3.8, 4) is 0 Å². The van der Waals surface area contributed by atoms with E-state index in [2.05, 4.69) is 4.98 Å². The van der Waals surface area contributed by atoms with Gasteiger partial charge in [-0.1, -0.05) is 12.1 Å². The molecule has 1 aromatic heterocycles. The summed E-state index contributed by atoms with van der Waals surface area (Å²) in [7, 11) is 0. The number of nitrogens with zero attached hydrogens (tertiary/aromatic N) is 1. The molecule has 0 saturated carbocycles. The number of pyridine rings is 1. The standard InChI is InChI=1S/C20H25NO3/c1-14-13-17(11-12-21-14)18(22)10-7-15-5-8-16(9-6-15)19(23)24-20(2,3)4/h5-6,8-9,11-13,18,22H,7,10H2,1-4H3. The monoisotopic (exact) mass is 327 g/mol. The first kappa shape index (κ1) is 18.1. The average Bonchev–Trinajstić information content (AvgIpc) is 2.51. The molecule has 0 saturated heterocycles. The third-order valence-electron chi connectivity index (χ3n) is 3.60. The lowest BCUT2D eigenvalue weighted by atomic mass is 10.0. The van der Waals surface area contributed by atoms with E-state index in [0.29, 0.717) is 12.0 Å². The predicted octanol–water partition coefficient (Wildman–Crippen LogP) is 4.01. The zero-order valence-electron chi connectivity index (χ0n) is 14.7. The van der Waals surface area contributed by atoms with Gasteiger partial charge in [-0.3, -0.25) is 4.98 Å². The summed E-state index contributed by atoms with van der Waals surface area (Å²) in [6.07, 6.45) is 2.55. The van der Waals surface area contributed by atoms with Crippen molar-refractivity contribution >= 4 is 5.97 Å². The molecule has 0 fully saturated rings. The molecule has 1 atom stereocenters. The molecule has 1 unspecified atom stereocenters. The summed E-state index contributed by atoms with van der Waals surface area (Å²) < 4.78 is 5.35. The Morgan fingerprint density at radius 3 is 2.46 bits per heavy atom. The lowest BCUT2D eigenvalue weighted by Gasteiger charge is -2.19. The fourth-order valence-corrected chi connectivity index (χ4v) is 2.39. The number of carbonyl (C=O) groups excluding carboxylic acids is 1. The molecule has 0 aliphatic rings. The van der Waals surface area contributed by atoms with Crippen LogP contribution in [0.2, 0.25) is 0 Å². The Hall–Kier alpha value is -2.20. The van der Waals surface area contributed by atoms with Gasteiger partial charge in [-0.25, -0.2) is 4.79 Å². The lowest BCUT2D eigenvalue weighted by molar-refractivity contribution is 0.00695. The SMILES string of the molecule is Cc1cc(C(O)CCc2ccc(C(=O)OC(C)(C)C)cc2)ccn1. The van der Waals surface area contributed by atoms with Crippen LogP contribution in [0.4, 0.5) is 0 Å². The van der Waals surface area contributed by atoms with Crippen LogP contribution in [0.1, 0.15) is 60.5 Å². The van der Waals surface area contributed by atoms with Gasteiger partial charge < -0.3 is 9.84 Å². The maximum atomic E-state index is 12.0. The lowest BCUT2D eigenvalue weighted by Crippen LogP contribution is -2.23. The Morgan fingerprint density at radius 1 is 1.21 bits per heavy atom. The molecule has 0 radical (unpaired) electrons. The minimum absolute atomic E-state index is 0.318. The summed E-state index contributed by atoms with van der Waals surface area (Å²) in [6, 6.07) is 11.1. The number of benzene rings is 1. The minimum Gasteiger partial charge on any atom is -0.456 e. The molecule has 0 amide bonds. The van der Waals surface area contributed by atoms with Crippen molar-refractivity contribution in [3.63, 3.8) is 0 Å². The second-order valence-electron chi connectivity index (χ2n) is 6.98. The summed E-state index contributed by atoms with van der Waals surface area (Å²) >= 11 is 0. The maximum absolute atomic E-state index is 12.0. The second-order valence-corrected chi connectivity index (χ2v) is 6.98. The van der Waals surface area contributed by atoms with E-state index in [1.165, 1.54) is 0 Å². The van der Waals surface area contributed by atoms with Crippen molar-refractivity contribution < 1.29 is 14.6 Å². The van der Waals surface area contributed by atoms with Crippen LogP contribution in [-0.2, 0) is 11.2 Å². The van der Waals surface area contributed by atoms with E-state index in [-0.39, 0.29) is 5.97 Å². The fraction of sp³-hybridized carbons (Fsp3) is 0.400. The molecular weight excluding hydrogens is 302 g/mol. The van der Waals surface area contributed by atoms with Crippen LogP contribution in [0.15, 0.2) is 42.6 Å². The predicted molar refractivity (Wildman–Crippen MR) is 93.9 cm³/mol. The van der Waals surface area contributed by atoms with Crippen LogP contribution in [0.5, 0.6) is 0 Å². The fourth-order valence-electron chi connectivity index (χ4n) is 2.39. The van der Waals surface area contributed by atoms with Crippen LogP contribution < -0.4 is 0 Å². The van der Waals surface area contributed by atoms with Crippen LogP contribution in [-0.4, -0.2) is 21.7 Å². The van der Waals surface area contributed by atoms with Gasteiger partial charge in [-0.2, -0.15) is 0 Å². The maximum Gasteiger partial charge on any atom is 0.338 e. The van der Waals surface area contributed by atoms with Crippen LogP contribution >= 0.6 is 0 Å². The van der Waals surface area contributed by atoms with E-state index in [1.807, 2.05) is 52.0 Å². The van der Waals surface area contributed by atoms with Gasteiger partial charge in [-0.15, -0.1) is 0 Å². The number of rotatable bonds is 5. The molecule has 24 heavy (non-hydrogen) atoms. The number of aryl methyl sites for hydroxylation is 2.